The summed E-state index contributed by atoms with van der Waals surface area (Å²) in [7, 11) is 0. The molecule has 0 radical (unpaired) electrons. The van der Waals surface area contributed by atoms with Gasteiger partial charge < -0.3 is 10.2 Å². The van der Waals surface area contributed by atoms with E-state index in [1.807, 2.05) is 24.3 Å². The molecule has 4 heteroatoms. The summed E-state index contributed by atoms with van der Waals surface area (Å²) in [4.78, 5) is 13.6. The van der Waals surface area contributed by atoms with Gasteiger partial charge in [-0.15, -0.1) is 0 Å². The van der Waals surface area contributed by atoms with Crippen LogP contribution in [0.1, 0.15) is 28.4 Å². The second-order valence-corrected chi connectivity index (χ2v) is 5.89. The van der Waals surface area contributed by atoms with Crippen molar-refractivity contribution >= 4 is 28.8 Å². The van der Waals surface area contributed by atoms with Crippen molar-refractivity contribution in [2.24, 2.45) is 0 Å². The van der Waals surface area contributed by atoms with Crippen molar-refractivity contribution in [3.8, 4) is 0 Å². The van der Waals surface area contributed by atoms with Gasteiger partial charge >= 0.3 is 0 Å². The number of carbonyl (C=O) groups excluding carboxylic acids is 1. The minimum atomic E-state index is 0.0569. The molecular weight excluding hydrogens is 292 g/mol. The Morgan fingerprint density at radius 2 is 1.91 bits per heavy atom. The second-order valence-electron chi connectivity index (χ2n) is 5.51. The molecule has 3 nitrogen and oxygen atoms in total. The standard InChI is InChI=1S/C18H18N2OS/c1-13(21)15-7-4-8-17(11-15)19-18(22)20-10-9-14-5-2-3-6-16(14)12-20/h2-8,11H,9-10,12H2,1H3,(H,19,22). The van der Waals surface area contributed by atoms with Gasteiger partial charge in [-0.05, 0) is 48.8 Å². The van der Waals surface area contributed by atoms with Gasteiger partial charge in [-0.2, -0.15) is 0 Å². The molecule has 0 fully saturated rings. The lowest BCUT2D eigenvalue weighted by molar-refractivity contribution is 0.101. The zero-order valence-electron chi connectivity index (χ0n) is 12.5. The van der Waals surface area contributed by atoms with Crippen LogP contribution in [0.4, 0.5) is 5.69 Å². The zero-order valence-corrected chi connectivity index (χ0v) is 13.3. The number of rotatable bonds is 2. The number of hydrogen-bond acceptors (Lipinski definition) is 2. The van der Waals surface area contributed by atoms with E-state index in [4.69, 9.17) is 12.2 Å². The SMILES string of the molecule is CC(=O)c1cccc(NC(=S)N2CCc3ccccc3C2)c1. The fourth-order valence-corrected chi connectivity index (χ4v) is 2.96. The minimum absolute atomic E-state index is 0.0569. The number of thiocarbonyl (C=S) groups is 1. The lowest BCUT2D eigenvalue weighted by Gasteiger charge is -2.31. The van der Waals surface area contributed by atoms with Crippen molar-refractivity contribution in [2.45, 2.75) is 19.9 Å². The number of nitrogens with zero attached hydrogens (tertiary/aromatic N) is 1. The highest BCUT2D eigenvalue weighted by atomic mass is 32.1. The Labute approximate surface area is 136 Å². The first-order chi connectivity index (χ1) is 10.6. The third-order valence-corrected chi connectivity index (χ3v) is 4.30. The molecule has 1 aliphatic heterocycles. The van der Waals surface area contributed by atoms with Gasteiger partial charge in [0.15, 0.2) is 10.9 Å². The van der Waals surface area contributed by atoms with E-state index in [0.29, 0.717) is 10.7 Å². The number of Topliss-reactive ketones (excluding diaryl/α,β-unsaturated/α-hetero) is 1. The van der Waals surface area contributed by atoms with E-state index in [1.165, 1.54) is 11.1 Å². The second kappa shape index (κ2) is 6.28. The molecule has 0 saturated heterocycles. The lowest BCUT2D eigenvalue weighted by Crippen LogP contribution is -2.38. The van der Waals surface area contributed by atoms with Crippen LogP contribution in [0.25, 0.3) is 0 Å². The lowest BCUT2D eigenvalue weighted by atomic mass is 10.0. The minimum Gasteiger partial charge on any atom is -0.344 e. The fourth-order valence-electron chi connectivity index (χ4n) is 2.69. The molecule has 112 valence electrons. The fraction of sp³-hybridized carbons (Fsp3) is 0.222. The molecule has 3 rings (SSSR count). The van der Waals surface area contributed by atoms with Crippen LogP contribution in [0.2, 0.25) is 0 Å². The third kappa shape index (κ3) is 3.17. The summed E-state index contributed by atoms with van der Waals surface area (Å²) in [5.41, 5.74) is 4.28. The average molecular weight is 310 g/mol. The van der Waals surface area contributed by atoms with Crippen LogP contribution in [0.5, 0.6) is 0 Å². The van der Waals surface area contributed by atoms with Gasteiger partial charge in [-0.1, -0.05) is 36.4 Å². The molecule has 0 saturated carbocycles. The predicted molar refractivity (Wildman–Crippen MR) is 93.2 cm³/mol. The summed E-state index contributed by atoms with van der Waals surface area (Å²) >= 11 is 5.52. The highest BCUT2D eigenvalue weighted by Gasteiger charge is 2.18. The van der Waals surface area contributed by atoms with Gasteiger partial charge in [0.2, 0.25) is 0 Å². The molecule has 0 amide bonds. The average Bonchev–Trinajstić information content (AvgIpc) is 2.54. The first-order valence-corrected chi connectivity index (χ1v) is 7.78. The maximum Gasteiger partial charge on any atom is 0.173 e. The quantitative estimate of drug-likeness (QED) is 0.678. The highest BCUT2D eigenvalue weighted by molar-refractivity contribution is 7.80. The first-order valence-electron chi connectivity index (χ1n) is 7.37. The molecule has 1 aliphatic rings. The first kappa shape index (κ1) is 14.7. The summed E-state index contributed by atoms with van der Waals surface area (Å²) in [6, 6.07) is 15.9. The van der Waals surface area contributed by atoms with Crippen molar-refractivity contribution in [2.75, 3.05) is 11.9 Å². The van der Waals surface area contributed by atoms with E-state index in [-0.39, 0.29) is 5.78 Å². The number of carbonyl (C=O) groups is 1. The molecule has 0 bridgehead atoms. The number of nitrogens with one attached hydrogen (secondary N) is 1. The number of hydrogen-bond donors (Lipinski definition) is 1. The van der Waals surface area contributed by atoms with Crippen LogP contribution < -0.4 is 5.32 Å². The Hall–Kier alpha value is -2.20. The molecule has 22 heavy (non-hydrogen) atoms. The molecule has 2 aromatic carbocycles. The van der Waals surface area contributed by atoms with Crippen LogP contribution in [0.15, 0.2) is 48.5 Å². The van der Waals surface area contributed by atoms with E-state index in [1.54, 1.807) is 6.92 Å². The Morgan fingerprint density at radius 1 is 1.14 bits per heavy atom. The Morgan fingerprint density at radius 3 is 2.68 bits per heavy atom. The molecule has 0 aliphatic carbocycles. The van der Waals surface area contributed by atoms with Crippen molar-refractivity contribution < 1.29 is 4.79 Å². The molecule has 1 N–H and O–H groups in total. The number of benzene rings is 2. The van der Waals surface area contributed by atoms with Gasteiger partial charge in [0, 0.05) is 24.3 Å². The smallest absolute Gasteiger partial charge is 0.173 e. The van der Waals surface area contributed by atoms with E-state index >= 15 is 0 Å². The molecule has 0 aromatic heterocycles. The van der Waals surface area contributed by atoms with Gasteiger partial charge in [-0.25, -0.2) is 0 Å². The molecule has 1 heterocycles. The molecule has 0 unspecified atom stereocenters. The van der Waals surface area contributed by atoms with Gasteiger partial charge in [-0.3, -0.25) is 4.79 Å². The van der Waals surface area contributed by atoms with Crippen LogP contribution >= 0.6 is 12.2 Å². The maximum absolute atomic E-state index is 11.5. The molecule has 2 aromatic rings. The number of ketones is 1. The monoisotopic (exact) mass is 310 g/mol. The van der Waals surface area contributed by atoms with Crippen LogP contribution in [-0.2, 0) is 13.0 Å². The summed E-state index contributed by atoms with van der Waals surface area (Å²) < 4.78 is 0. The highest BCUT2D eigenvalue weighted by Crippen LogP contribution is 2.20. The van der Waals surface area contributed by atoms with Crippen LogP contribution in [0, 0.1) is 0 Å². The summed E-state index contributed by atoms with van der Waals surface area (Å²) in [6.07, 6.45) is 1.01. The van der Waals surface area contributed by atoms with E-state index in [9.17, 15) is 4.79 Å². The van der Waals surface area contributed by atoms with E-state index in [2.05, 4.69) is 34.5 Å². The Balaban J connectivity index is 1.71. The van der Waals surface area contributed by atoms with Crippen LogP contribution in [0.3, 0.4) is 0 Å². The molecular formula is C18H18N2OS. The number of anilines is 1. The summed E-state index contributed by atoms with van der Waals surface area (Å²) in [5, 5.41) is 3.95. The summed E-state index contributed by atoms with van der Waals surface area (Å²) in [5.74, 6) is 0.0569. The third-order valence-electron chi connectivity index (χ3n) is 3.94. The van der Waals surface area contributed by atoms with Crippen molar-refractivity contribution in [3.05, 3.63) is 65.2 Å². The normalized spacial score (nSPS) is 13.4. The predicted octanol–water partition coefficient (Wildman–Crippen LogP) is 3.64. The van der Waals surface area contributed by atoms with E-state index in [0.717, 1.165) is 25.2 Å². The maximum atomic E-state index is 11.5. The molecule has 0 spiro atoms. The Bertz CT molecular complexity index is 727. The van der Waals surface area contributed by atoms with Gasteiger partial charge in [0.1, 0.15) is 0 Å². The van der Waals surface area contributed by atoms with Crippen LogP contribution in [-0.4, -0.2) is 22.3 Å². The van der Waals surface area contributed by atoms with Gasteiger partial charge in [0.25, 0.3) is 0 Å². The van der Waals surface area contributed by atoms with Crippen molar-refractivity contribution in [1.82, 2.24) is 4.90 Å². The van der Waals surface area contributed by atoms with Crippen molar-refractivity contribution in [1.29, 1.82) is 0 Å². The summed E-state index contributed by atoms with van der Waals surface area (Å²) in [6.45, 7) is 3.31. The largest absolute Gasteiger partial charge is 0.344 e. The zero-order chi connectivity index (χ0) is 15.5. The topological polar surface area (TPSA) is 32.3 Å². The van der Waals surface area contributed by atoms with Crippen molar-refractivity contribution in [3.63, 3.8) is 0 Å². The Kier molecular flexibility index (Phi) is 4.20. The molecule has 0 atom stereocenters. The van der Waals surface area contributed by atoms with Gasteiger partial charge in [0.05, 0.1) is 0 Å². The number of fused-ring (bicyclic) bond motifs is 1. The van der Waals surface area contributed by atoms with E-state index < -0.39 is 0 Å².